The molecule has 0 bridgehead atoms. The molecule has 0 aliphatic carbocycles. The Morgan fingerprint density at radius 3 is 2.00 bits per heavy atom. The van der Waals surface area contributed by atoms with Gasteiger partial charge in [0, 0.05) is 0 Å². The predicted octanol–water partition coefficient (Wildman–Crippen LogP) is 4.00. The number of rotatable bonds is 8. The summed E-state index contributed by atoms with van der Waals surface area (Å²) in [5, 5.41) is 9.33. The van der Waals surface area contributed by atoms with Crippen molar-refractivity contribution in [1.82, 2.24) is 0 Å². The first-order valence-electron chi connectivity index (χ1n) is 6.26. The molecular weight excluding hydrogens is 172 g/mol. The molecule has 0 radical (unpaired) electrons. The lowest BCUT2D eigenvalue weighted by Crippen LogP contribution is -2.13. The third-order valence-corrected chi connectivity index (χ3v) is 3.23. The molecule has 0 amide bonds. The number of hydrogen-bond acceptors (Lipinski definition) is 1. The summed E-state index contributed by atoms with van der Waals surface area (Å²) in [5.74, 6) is 1.34. The highest BCUT2D eigenvalue weighted by atomic mass is 16.3. The van der Waals surface area contributed by atoms with E-state index in [1.54, 1.807) is 0 Å². The molecule has 86 valence electrons. The first-order valence-corrected chi connectivity index (χ1v) is 6.26. The quantitative estimate of drug-likeness (QED) is 0.628. The standard InChI is InChI=1S/C13H28O/c1-5-6-8-11(2)9-7-10-12(3)13(4)14/h11-14H,5-10H2,1-4H3/t11?,12?,13-/m0/s1. The Morgan fingerprint density at radius 1 is 0.929 bits per heavy atom. The van der Waals surface area contributed by atoms with E-state index in [0.29, 0.717) is 5.92 Å². The zero-order valence-electron chi connectivity index (χ0n) is 10.4. The fourth-order valence-electron chi connectivity index (χ4n) is 1.73. The van der Waals surface area contributed by atoms with Gasteiger partial charge in [-0.25, -0.2) is 0 Å². The lowest BCUT2D eigenvalue weighted by atomic mass is 9.93. The Morgan fingerprint density at radius 2 is 1.50 bits per heavy atom. The molecule has 1 heteroatoms. The Balaban J connectivity index is 3.34. The first-order chi connectivity index (χ1) is 6.57. The normalized spacial score (nSPS) is 17.8. The second-order valence-electron chi connectivity index (χ2n) is 4.90. The summed E-state index contributed by atoms with van der Waals surface area (Å²) in [6.45, 7) is 8.64. The molecule has 0 heterocycles. The molecule has 14 heavy (non-hydrogen) atoms. The van der Waals surface area contributed by atoms with E-state index in [4.69, 9.17) is 0 Å². The van der Waals surface area contributed by atoms with Gasteiger partial charge in [0.15, 0.2) is 0 Å². The van der Waals surface area contributed by atoms with Crippen LogP contribution in [0.15, 0.2) is 0 Å². The minimum Gasteiger partial charge on any atom is -0.393 e. The van der Waals surface area contributed by atoms with Crippen molar-refractivity contribution in [3.63, 3.8) is 0 Å². The van der Waals surface area contributed by atoms with Crippen molar-refractivity contribution in [1.29, 1.82) is 0 Å². The molecule has 2 unspecified atom stereocenters. The van der Waals surface area contributed by atoms with Gasteiger partial charge in [-0.05, 0) is 25.2 Å². The summed E-state index contributed by atoms with van der Waals surface area (Å²) >= 11 is 0. The highest BCUT2D eigenvalue weighted by Crippen LogP contribution is 2.18. The SMILES string of the molecule is CCCCC(C)CCCC(C)[C@H](C)O. The van der Waals surface area contributed by atoms with Crippen LogP contribution in [0.4, 0.5) is 0 Å². The van der Waals surface area contributed by atoms with E-state index in [1.807, 2.05) is 6.92 Å². The average molecular weight is 200 g/mol. The van der Waals surface area contributed by atoms with E-state index in [-0.39, 0.29) is 6.10 Å². The van der Waals surface area contributed by atoms with Crippen LogP contribution in [0.1, 0.15) is 66.2 Å². The third kappa shape index (κ3) is 7.37. The van der Waals surface area contributed by atoms with Crippen LogP contribution in [-0.4, -0.2) is 11.2 Å². The van der Waals surface area contributed by atoms with Crippen LogP contribution < -0.4 is 0 Å². The second kappa shape index (κ2) is 8.28. The monoisotopic (exact) mass is 200 g/mol. The van der Waals surface area contributed by atoms with Crippen molar-refractivity contribution in [2.45, 2.75) is 72.3 Å². The van der Waals surface area contributed by atoms with Gasteiger partial charge in [0.05, 0.1) is 6.10 Å². The van der Waals surface area contributed by atoms with Crippen molar-refractivity contribution in [3.8, 4) is 0 Å². The molecule has 0 aromatic carbocycles. The van der Waals surface area contributed by atoms with Crippen LogP contribution in [0.3, 0.4) is 0 Å². The molecule has 1 N–H and O–H groups in total. The number of aliphatic hydroxyl groups excluding tert-OH is 1. The predicted molar refractivity (Wildman–Crippen MR) is 63.4 cm³/mol. The van der Waals surface area contributed by atoms with E-state index in [1.165, 1.54) is 38.5 Å². The topological polar surface area (TPSA) is 20.2 Å². The zero-order chi connectivity index (χ0) is 11.0. The maximum absolute atomic E-state index is 9.33. The molecule has 0 aromatic heterocycles. The van der Waals surface area contributed by atoms with Gasteiger partial charge >= 0.3 is 0 Å². The van der Waals surface area contributed by atoms with E-state index in [0.717, 1.165) is 5.92 Å². The zero-order valence-corrected chi connectivity index (χ0v) is 10.4. The van der Waals surface area contributed by atoms with Gasteiger partial charge in [-0.15, -0.1) is 0 Å². The Bertz CT molecular complexity index is 120. The molecule has 3 atom stereocenters. The Kier molecular flexibility index (Phi) is 8.26. The fourth-order valence-corrected chi connectivity index (χ4v) is 1.73. The molecule has 0 aliphatic heterocycles. The van der Waals surface area contributed by atoms with Crippen molar-refractivity contribution in [3.05, 3.63) is 0 Å². The van der Waals surface area contributed by atoms with Crippen LogP contribution in [0.5, 0.6) is 0 Å². The van der Waals surface area contributed by atoms with Gasteiger partial charge in [0.1, 0.15) is 0 Å². The first kappa shape index (κ1) is 14.0. The lowest BCUT2D eigenvalue weighted by Gasteiger charge is -2.16. The van der Waals surface area contributed by atoms with Gasteiger partial charge < -0.3 is 5.11 Å². The molecule has 0 aromatic rings. The highest BCUT2D eigenvalue weighted by molar-refractivity contribution is 4.61. The third-order valence-electron chi connectivity index (χ3n) is 3.23. The van der Waals surface area contributed by atoms with Crippen LogP contribution in [0, 0.1) is 11.8 Å². The van der Waals surface area contributed by atoms with Gasteiger partial charge in [-0.1, -0.05) is 52.9 Å². The van der Waals surface area contributed by atoms with E-state index in [9.17, 15) is 5.11 Å². The summed E-state index contributed by atoms with van der Waals surface area (Å²) in [7, 11) is 0. The summed E-state index contributed by atoms with van der Waals surface area (Å²) < 4.78 is 0. The van der Waals surface area contributed by atoms with Crippen molar-refractivity contribution >= 4 is 0 Å². The average Bonchev–Trinajstić information content (AvgIpc) is 2.14. The van der Waals surface area contributed by atoms with Crippen LogP contribution in [-0.2, 0) is 0 Å². The molecule has 0 aliphatic rings. The van der Waals surface area contributed by atoms with Crippen LogP contribution >= 0.6 is 0 Å². The molecule has 1 nitrogen and oxygen atoms in total. The van der Waals surface area contributed by atoms with Crippen molar-refractivity contribution in [2.75, 3.05) is 0 Å². The van der Waals surface area contributed by atoms with Gasteiger partial charge in [0.2, 0.25) is 0 Å². The minimum absolute atomic E-state index is 0.138. The van der Waals surface area contributed by atoms with E-state index < -0.39 is 0 Å². The maximum Gasteiger partial charge on any atom is 0.0537 e. The van der Waals surface area contributed by atoms with Gasteiger partial charge in [-0.3, -0.25) is 0 Å². The molecule has 0 saturated heterocycles. The smallest absolute Gasteiger partial charge is 0.0537 e. The molecule has 0 fully saturated rings. The van der Waals surface area contributed by atoms with E-state index >= 15 is 0 Å². The van der Waals surface area contributed by atoms with Crippen LogP contribution in [0.25, 0.3) is 0 Å². The Labute approximate surface area is 89.9 Å². The number of unbranched alkanes of at least 4 members (excludes halogenated alkanes) is 1. The maximum atomic E-state index is 9.33. The summed E-state index contributed by atoms with van der Waals surface area (Å²) in [5.41, 5.74) is 0. The van der Waals surface area contributed by atoms with E-state index in [2.05, 4.69) is 20.8 Å². The largest absolute Gasteiger partial charge is 0.393 e. The molecule has 0 rings (SSSR count). The second-order valence-corrected chi connectivity index (χ2v) is 4.90. The van der Waals surface area contributed by atoms with Gasteiger partial charge in [-0.2, -0.15) is 0 Å². The molecule has 0 spiro atoms. The minimum atomic E-state index is -0.138. The summed E-state index contributed by atoms with van der Waals surface area (Å²) in [6, 6.07) is 0. The van der Waals surface area contributed by atoms with Crippen molar-refractivity contribution < 1.29 is 5.11 Å². The van der Waals surface area contributed by atoms with Crippen LogP contribution in [0.2, 0.25) is 0 Å². The van der Waals surface area contributed by atoms with Gasteiger partial charge in [0.25, 0.3) is 0 Å². The number of aliphatic hydroxyl groups is 1. The number of hydrogen-bond donors (Lipinski definition) is 1. The Hall–Kier alpha value is -0.0400. The summed E-state index contributed by atoms with van der Waals surface area (Å²) in [4.78, 5) is 0. The fraction of sp³-hybridized carbons (Fsp3) is 1.00. The lowest BCUT2D eigenvalue weighted by molar-refractivity contribution is 0.127. The molecule has 0 saturated carbocycles. The summed E-state index contributed by atoms with van der Waals surface area (Å²) in [6.07, 6.45) is 7.70. The van der Waals surface area contributed by atoms with Crippen molar-refractivity contribution in [2.24, 2.45) is 11.8 Å². The molecular formula is C13H28O. The highest BCUT2D eigenvalue weighted by Gasteiger charge is 2.09.